The highest BCUT2D eigenvalue weighted by Gasteiger charge is 2.28. The summed E-state index contributed by atoms with van der Waals surface area (Å²) in [4.78, 5) is 16.4. The third-order valence-electron chi connectivity index (χ3n) is 7.45. The summed E-state index contributed by atoms with van der Waals surface area (Å²) in [5, 5.41) is 13.1. The van der Waals surface area contributed by atoms with E-state index >= 15 is 0 Å². The van der Waals surface area contributed by atoms with Crippen LogP contribution in [0.4, 0.5) is 23.0 Å². The minimum atomic E-state index is 0.540. The quantitative estimate of drug-likeness (QED) is 0.568. The zero-order valence-corrected chi connectivity index (χ0v) is 20.4. The molecule has 3 fully saturated rings. The molecular weight excluding hydrogens is 450 g/mol. The predicted octanol–water partition coefficient (Wildman–Crippen LogP) is 3.88. The Morgan fingerprint density at radius 3 is 2.36 bits per heavy atom. The van der Waals surface area contributed by atoms with Crippen molar-refractivity contribution in [2.24, 2.45) is 0 Å². The van der Waals surface area contributed by atoms with Crippen LogP contribution in [-0.2, 0) is 4.74 Å². The first-order valence-electron chi connectivity index (χ1n) is 12.8. The summed E-state index contributed by atoms with van der Waals surface area (Å²) >= 11 is 0. The Bertz CT molecular complexity index is 1240. The van der Waals surface area contributed by atoms with Crippen LogP contribution in [0.3, 0.4) is 0 Å². The van der Waals surface area contributed by atoms with Crippen molar-refractivity contribution in [1.29, 1.82) is 5.26 Å². The van der Waals surface area contributed by atoms with Gasteiger partial charge in [0.05, 0.1) is 36.2 Å². The lowest BCUT2D eigenvalue weighted by atomic mass is 10.1. The number of rotatable bonds is 6. The topological polar surface area (TPSA) is 80.5 Å². The van der Waals surface area contributed by atoms with E-state index in [0.29, 0.717) is 17.6 Å². The van der Waals surface area contributed by atoms with Crippen molar-refractivity contribution in [1.82, 2.24) is 14.9 Å². The molecule has 0 aliphatic carbocycles. The molecule has 6 rings (SSSR count). The molecule has 4 heterocycles. The Morgan fingerprint density at radius 1 is 0.889 bits per heavy atom. The third-order valence-corrected chi connectivity index (χ3v) is 7.45. The number of nitrogens with one attached hydrogen (secondary N) is 1. The largest absolute Gasteiger partial charge is 0.378 e. The second-order valence-corrected chi connectivity index (χ2v) is 9.69. The number of hydrogen-bond donors (Lipinski definition) is 1. The van der Waals surface area contributed by atoms with Crippen LogP contribution in [0.1, 0.15) is 18.4 Å². The first-order chi connectivity index (χ1) is 17.8. The van der Waals surface area contributed by atoms with Crippen molar-refractivity contribution in [3.05, 3.63) is 60.3 Å². The molecule has 3 aromatic rings. The van der Waals surface area contributed by atoms with Crippen molar-refractivity contribution >= 4 is 23.0 Å². The van der Waals surface area contributed by atoms with Crippen LogP contribution >= 0.6 is 0 Å². The van der Waals surface area contributed by atoms with Gasteiger partial charge in [0.2, 0.25) is 5.95 Å². The molecular formula is C28H31N7O. The van der Waals surface area contributed by atoms with E-state index in [1.165, 1.54) is 18.5 Å². The number of aromatic nitrogens is 2. The molecule has 3 saturated heterocycles. The Balaban J connectivity index is 1.12. The summed E-state index contributed by atoms with van der Waals surface area (Å²) in [6.45, 7) is 8.04. The number of anilines is 4. The Kier molecular flexibility index (Phi) is 6.41. The molecule has 0 radical (unpaired) electrons. The number of nitrogens with zero attached hydrogens (tertiary/aromatic N) is 6. The fourth-order valence-electron chi connectivity index (χ4n) is 5.26. The van der Waals surface area contributed by atoms with E-state index in [-0.39, 0.29) is 0 Å². The maximum Gasteiger partial charge on any atom is 0.227 e. The van der Waals surface area contributed by atoms with Gasteiger partial charge in [-0.05, 0) is 55.3 Å². The van der Waals surface area contributed by atoms with Gasteiger partial charge in [-0.15, -0.1) is 0 Å². The molecule has 0 amide bonds. The Morgan fingerprint density at radius 2 is 1.67 bits per heavy atom. The van der Waals surface area contributed by atoms with Gasteiger partial charge < -0.3 is 19.9 Å². The molecule has 0 unspecified atom stereocenters. The first-order valence-corrected chi connectivity index (χ1v) is 12.8. The summed E-state index contributed by atoms with van der Waals surface area (Å²) in [6.07, 6.45) is 4.12. The summed E-state index contributed by atoms with van der Waals surface area (Å²) in [6, 6.07) is 19.4. The lowest BCUT2D eigenvalue weighted by Gasteiger charge is -2.43. The zero-order chi connectivity index (χ0) is 24.3. The summed E-state index contributed by atoms with van der Waals surface area (Å²) < 4.78 is 5.34. The highest BCUT2D eigenvalue weighted by Crippen LogP contribution is 2.29. The molecule has 1 aromatic heterocycles. The third kappa shape index (κ3) is 4.72. The minimum absolute atomic E-state index is 0.540. The molecule has 0 saturated carbocycles. The second-order valence-electron chi connectivity index (χ2n) is 9.69. The van der Waals surface area contributed by atoms with Crippen LogP contribution in [0.15, 0.2) is 54.7 Å². The standard InChI is InChI=1S/C28H31N7O/c29-18-22-17-21(3-8-27(22)35-11-1-2-12-35)26-9-10-30-28(32-26)31-23-4-6-24(7-5-23)33-13-15-34(16-14-33)25-19-36-20-25/h3-10,17,25H,1-2,11-16,19-20H2,(H,30,31,32). The molecule has 0 atom stereocenters. The van der Waals surface area contributed by atoms with Crippen molar-refractivity contribution < 1.29 is 4.74 Å². The summed E-state index contributed by atoms with van der Waals surface area (Å²) in [5.41, 5.74) is 5.61. The second kappa shape index (κ2) is 10.1. The molecule has 3 aliphatic rings. The van der Waals surface area contributed by atoms with Crippen LogP contribution in [-0.4, -0.2) is 73.4 Å². The van der Waals surface area contributed by atoms with Crippen molar-refractivity contribution in [2.45, 2.75) is 18.9 Å². The van der Waals surface area contributed by atoms with Gasteiger partial charge in [0.1, 0.15) is 6.07 Å². The van der Waals surface area contributed by atoms with Crippen LogP contribution in [0, 0.1) is 11.3 Å². The highest BCUT2D eigenvalue weighted by molar-refractivity contribution is 5.70. The summed E-state index contributed by atoms with van der Waals surface area (Å²) in [5.74, 6) is 0.540. The lowest BCUT2D eigenvalue weighted by molar-refractivity contribution is -0.0660. The van der Waals surface area contributed by atoms with Gasteiger partial charge in [-0.2, -0.15) is 5.26 Å². The van der Waals surface area contributed by atoms with Crippen LogP contribution in [0.2, 0.25) is 0 Å². The van der Waals surface area contributed by atoms with E-state index in [4.69, 9.17) is 9.72 Å². The van der Waals surface area contributed by atoms with E-state index in [0.717, 1.165) is 75.1 Å². The number of piperazine rings is 1. The number of nitriles is 1. The van der Waals surface area contributed by atoms with E-state index in [1.807, 2.05) is 24.3 Å². The van der Waals surface area contributed by atoms with Gasteiger partial charge in [-0.25, -0.2) is 9.97 Å². The SMILES string of the molecule is N#Cc1cc(-c2ccnc(Nc3ccc(N4CCN(C5COC5)CC4)cc3)n2)ccc1N1CCCC1. The number of benzene rings is 2. The zero-order valence-electron chi connectivity index (χ0n) is 20.4. The molecule has 184 valence electrons. The van der Waals surface area contributed by atoms with Crippen LogP contribution < -0.4 is 15.1 Å². The predicted molar refractivity (Wildman–Crippen MR) is 142 cm³/mol. The average molecular weight is 482 g/mol. The van der Waals surface area contributed by atoms with Crippen LogP contribution in [0.5, 0.6) is 0 Å². The van der Waals surface area contributed by atoms with E-state index in [1.54, 1.807) is 6.20 Å². The molecule has 0 bridgehead atoms. The van der Waals surface area contributed by atoms with Gasteiger partial charge in [-0.3, -0.25) is 4.90 Å². The van der Waals surface area contributed by atoms with Crippen molar-refractivity contribution in [2.75, 3.05) is 67.6 Å². The molecule has 2 aromatic carbocycles. The van der Waals surface area contributed by atoms with Gasteiger partial charge in [0.25, 0.3) is 0 Å². The summed E-state index contributed by atoms with van der Waals surface area (Å²) in [7, 11) is 0. The van der Waals surface area contributed by atoms with E-state index in [9.17, 15) is 5.26 Å². The maximum atomic E-state index is 9.73. The fourth-order valence-corrected chi connectivity index (χ4v) is 5.26. The lowest BCUT2D eigenvalue weighted by Crippen LogP contribution is -2.56. The van der Waals surface area contributed by atoms with Gasteiger partial charge >= 0.3 is 0 Å². The first kappa shape index (κ1) is 22.8. The van der Waals surface area contributed by atoms with E-state index < -0.39 is 0 Å². The van der Waals surface area contributed by atoms with Crippen molar-refractivity contribution in [3.8, 4) is 17.3 Å². The smallest absolute Gasteiger partial charge is 0.227 e. The number of hydrogen-bond acceptors (Lipinski definition) is 8. The molecule has 3 aliphatic heterocycles. The van der Waals surface area contributed by atoms with Crippen LogP contribution in [0.25, 0.3) is 11.3 Å². The molecule has 8 nitrogen and oxygen atoms in total. The van der Waals surface area contributed by atoms with Crippen molar-refractivity contribution in [3.63, 3.8) is 0 Å². The molecule has 0 spiro atoms. The Labute approximate surface area is 212 Å². The fraction of sp³-hybridized carbons (Fsp3) is 0.393. The Hall–Kier alpha value is -3.67. The minimum Gasteiger partial charge on any atom is -0.378 e. The molecule has 8 heteroatoms. The number of ether oxygens (including phenoxy) is 1. The molecule has 1 N–H and O–H groups in total. The normalized spacial score (nSPS) is 18.6. The highest BCUT2D eigenvalue weighted by atomic mass is 16.5. The maximum absolute atomic E-state index is 9.73. The van der Waals surface area contributed by atoms with Gasteiger partial charge in [0, 0.05) is 62.4 Å². The monoisotopic (exact) mass is 481 g/mol. The van der Waals surface area contributed by atoms with Gasteiger partial charge in [0.15, 0.2) is 0 Å². The average Bonchev–Trinajstić information content (AvgIpc) is 3.43. The van der Waals surface area contributed by atoms with Gasteiger partial charge in [-0.1, -0.05) is 6.07 Å². The van der Waals surface area contributed by atoms with E-state index in [2.05, 4.69) is 55.3 Å². The molecule has 36 heavy (non-hydrogen) atoms.